The molecule has 1 aromatic carbocycles. The van der Waals surface area contributed by atoms with Crippen molar-refractivity contribution in [3.05, 3.63) is 36.2 Å². The molecule has 0 saturated heterocycles. The molecule has 2 aromatic rings. The van der Waals surface area contributed by atoms with Gasteiger partial charge >= 0.3 is 0 Å². The fourth-order valence-corrected chi connectivity index (χ4v) is 2.05. The number of rotatable bonds is 6. The molecule has 1 heterocycles. The van der Waals surface area contributed by atoms with Crippen LogP contribution in [-0.4, -0.2) is 28.0 Å². The molecule has 0 bridgehead atoms. The SMILES string of the molecule is CC[C@@H](C)[C@H](NC(=O)c1cccc(-c2ncon2)c1)C(N)=O. The first-order valence-corrected chi connectivity index (χ1v) is 7.00. The Labute approximate surface area is 127 Å². The topological polar surface area (TPSA) is 111 Å². The summed E-state index contributed by atoms with van der Waals surface area (Å²) in [6, 6.07) is 6.05. The second-order valence-electron chi connectivity index (χ2n) is 5.07. The summed E-state index contributed by atoms with van der Waals surface area (Å²) in [6.45, 7) is 3.80. The minimum absolute atomic E-state index is 0.0400. The molecule has 0 fully saturated rings. The number of amides is 2. The number of carbonyl (C=O) groups is 2. The van der Waals surface area contributed by atoms with Gasteiger partial charge in [0.25, 0.3) is 5.91 Å². The number of nitrogens with two attached hydrogens (primary N) is 1. The third-order valence-electron chi connectivity index (χ3n) is 3.55. The molecule has 0 aliphatic rings. The van der Waals surface area contributed by atoms with Crippen LogP contribution in [0.25, 0.3) is 11.4 Å². The summed E-state index contributed by atoms with van der Waals surface area (Å²) in [5.41, 5.74) is 6.41. The summed E-state index contributed by atoms with van der Waals surface area (Å²) in [7, 11) is 0. The van der Waals surface area contributed by atoms with Gasteiger partial charge in [0, 0.05) is 11.1 Å². The number of aromatic nitrogens is 2. The molecule has 2 rings (SSSR count). The highest BCUT2D eigenvalue weighted by Crippen LogP contribution is 2.16. The van der Waals surface area contributed by atoms with Gasteiger partial charge in [0.05, 0.1) is 0 Å². The molecular formula is C15H18N4O3. The van der Waals surface area contributed by atoms with E-state index in [2.05, 4.69) is 20.0 Å². The molecule has 0 radical (unpaired) electrons. The van der Waals surface area contributed by atoms with E-state index >= 15 is 0 Å². The number of nitrogens with one attached hydrogen (secondary N) is 1. The van der Waals surface area contributed by atoms with Crippen LogP contribution in [0, 0.1) is 5.92 Å². The molecular weight excluding hydrogens is 284 g/mol. The van der Waals surface area contributed by atoms with Gasteiger partial charge in [-0.2, -0.15) is 4.98 Å². The number of carbonyl (C=O) groups excluding carboxylic acids is 2. The van der Waals surface area contributed by atoms with Crippen molar-refractivity contribution in [1.29, 1.82) is 0 Å². The lowest BCUT2D eigenvalue weighted by Crippen LogP contribution is -2.48. The molecule has 116 valence electrons. The Morgan fingerprint density at radius 3 is 2.77 bits per heavy atom. The van der Waals surface area contributed by atoms with Crippen molar-refractivity contribution < 1.29 is 14.1 Å². The van der Waals surface area contributed by atoms with Crippen molar-refractivity contribution in [3.63, 3.8) is 0 Å². The first-order valence-electron chi connectivity index (χ1n) is 7.00. The third kappa shape index (κ3) is 3.49. The number of primary amides is 1. The van der Waals surface area contributed by atoms with Gasteiger partial charge in [-0.25, -0.2) is 0 Å². The van der Waals surface area contributed by atoms with Crippen LogP contribution >= 0.6 is 0 Å². The van der Waals surface area contributed by atoms with Crippen LogP contribution in [0.2, 0.25) is 0 Å². The zero-order chi connectivity index (χ0) is 16.1. The molecule has 7 heteroatoms. The Hall–Kier alpha value is -2.70. The standard InChI is InChI=1S/C15H18N4O3/c1-3-9(2)12(13(16)20)18-15(21)11-6-4-5-10(7-11)14-17-8-22-19-14/h4-9,12H,3H2,1-2H3,(H2,16,20)(H,18,21)/t9-,12+/m1/s1. The summed E-state index contributed by atoms with van der Waals surface area (Å²) >= 11 is 0. The molecule has 2 atom stereocenters. The summed E-state index contributed by atoms with van der Waals surface area (Å²) in [5, 5.41) is 6.40. The van der Waals surface area contributed by atoms with Crippen molar-refractivity contribution in [3.8, 4) is 11.4 Å². The monoisotopic (exact) mass is 302 g/mol. The van der Waals surface area contributed by atoms with E-state index in [1.165, 1.54) is 6.39 Å². The van der Waals surface area contributed by atoms with Gasteiger partial charge < -0.3 is 15.6 Å². The molecule has 7 nitrogen and oxygen atoms in total. The first kappa shape index (κ1) is 15.7. The normalized spacial score (nSPS) is 13.4. The Bertz CT molecular complexity index is 655. The number of hydrogen-bond donors (Lipinski definition) is 2. The van der Waals surface area contributed by atoms with Crippen LogP contribution in [0.1, 0.15) is 30.6 Å². The first-order chi connectivity index (χ1) is 10.5. The number of benzene rings is 1. The zero-order valence-corrected chi connectivity index (χ0v) is 12.4. The summed E-state index contributed by atoms with van der Waals surface area (Å²) in [6.07, 6.45) is 1.95. The van der Waals surface area contributed by atoms with Gasteiger partial charge in [-0.15, -0.1) is 0 Å². The number of nitrogens with zero attached hydrogens (tertiary/aromatic N) is 2. The predicted molar refractivity (Wildman–Crippen MR) is 79.6 cm³/mol. The summed E-state index contributed by atoms with van der Waals surface area (Å²) in [5.74, 6) is -0.559. The van der Waals surface area contributed by atoms with Crippen LogP contribution in [0.4, 0.5) is 0 Å². The molecule has 0 aliphatic carbocycles. The van der Waals surface area contributed by atoms with Crippen molar-refractivity contribution in [1.82, 2.24) is 15.5 Å². The van der Waals surface area contributed by atoms with Crippen LogP contribution < -0.4 is 11.1 Å². The molecule has 3 N–H and O–H groups in total. The summed E-state index contributed by atoms with van der Waals surface area (Å²) in [4.78, 5) is 27.7. The highest BCUT2D eigenvalue weighted by Gasteiger charge is 2.24. The lowest BCUT2D eigenvalue weighted by molar-refractivity contribution is -0.120. The largest absolute Gasteiger partial charge is 0.368 e. The molecule has 22 heavy (non-hydrogen) atoms. The van der Waals surface area contributed by atoms with Crippen LogP contribution in [0.5, 0.6) is 0 Å². The molecule has 1 aromatic heterocycles. The van der Waals surface area contributed by atoms with E-state index in [1.54, 1.807) is 24.3 Å². The molecule has 0 aliphatic heterocycles. The highest BCUT2D eigenvalue weighted by molar-refractivity contribution is 5.98. The van der Waals surface area contributed by atoms with Crippen molar-refractivity contribution in [2.24, 2.45) is 11.7 Å². The lowest BCUT2D eigenvalue weighted by atomic mass is 9.98. The van der Waals surface area contributed by atoms with Crippen LogP contribution in [0.3, 0.4) is 0 Å². The maximum atomic E-state index is 12.3. The Morgan fingerprint density at radius 1 is 1.41 bits per heavy atom. The maximum absolute atomic E-state index is 12.3. The maximum Gasteiger partial charge on any atom is 0.251 e. The van der Waals surface area contributed by atoms with Gasteiger partial charge in [-0.1, -0.05) is 37.6 Å². The van der Waals surface area contributed by atoms with Gasteiger partial charge in [0.1, 0.15) is 6.04 Å². The van der Waals surface area contributed by atoms with Gasteiger partial charge in [0.15, 0.2) is 0 Å². The van der Waals surface area contributed by atoms with E-state index in [-0.39, 0.29) is 11.8 Å². The smallest absolute Gasteiger partial charge is 0.251 e. The Morgan fingerprint density at radius 2 is 2.18 bits per heavy atom. The summed E-state index contributed by atoms with van der Waals surface area (Å²) < 4.78 is 4.69. The fourth-order valence-electron chi connectivity index (χ4n) is 2.05. The number of hydrogen-bond acceptors (Lipinski definition) is 5. The van der Waals surface area contributed by atoms with Crippen molar-refractivity contribution >= 4 is 11.8 Å². The minimum atomic E-state index is -0.702. The molecule has 0 unspecified atom stereocenters. The third-order valence-corrected chi connectivity index (χ3v) is 3.55. The van der Waals surface area contributed by atoms with Gasteiger partial charge in [-0.3, -0.25) is 9.59 Å². The Balaban J connectivity index is 2.19. The van der Waals surface area contributed by atoms with Gasteiger partial charge in [-0.05, 0) is 18.1 Å². The second-order valence-corrected chi connectivity index (χ2v) is 5.07. The van der Waals surface area contributed by atoms with E-state index in [4.69, 9.17) is 5.73 Å². The van der Waals surface area contributed by atoms with E-state index in [9.17, 15) is 9.59 Å². The Kier molecular flexibility index (Phi) is 4.88. The van der Waals surface area contributed by atoms with Gasteiger partial charge in [0.2, 0.25) is 18.1 Å². The average molecular weight is 302 g/mol. The predicted octanol–water partition coefficient (Wildman–Crippen LogP) is 1.37. The quantitative estimate of drug-likeness (QED) is 0.837. The van der Waals surface area contributed by atoms with E-state index in [0.29, 0.717) is 17.0 Å². The fraction of sp³-hybridized carbons (Fsp3) is 0.333. The van der Waals surface area contributed by atoms with Crippen molar-refractivity contribution in [2.75, 3.05) is 0 Å². The molecule has 2 amide bonds. The zero-order valence-electron chi connectivity index (χ0n) is 12.4. The second kappa shape index (κ2) is 6.84. The highest BCUT2D eigenvalue weighted by atomic mass is 16.5. The van der Waals surface area contributed by atoms with Crippen molar-refractivity contribution in [2.45, 2.75) is 26.3 Å². The molecule has 0 saturated carbocycles. The molecule has 0 spiro atoms. The van der Waals surface area contributed by atoms with E-state index < -0.39 is 11.9 Å². The minimum Gasteiger partial charge on any atom is -0.368 e. The van der Waals surface area contributed by atoms with E-state index in [0.717, 1.165) is 6.42 Å². The lowest BCUT2D eigenvalue weighted by Gasteiger charge is -2.21. The van der Waals surface area contributed by atoms with E-state index in [1.807, 2.05) is 13.8 Å². The van der Waals surface area contributed by atoms with Crippen LogP contribution in [0.15, 0.2) is 35.2 Å². The van der Waals surface area contributed by atoms with Crippen LogP contribution in [-0.2, 0) is 4.79 Å². The average Bonchev–Trinajstić information content (AvgIpc) is 3.06.